The molecule has 0 saturated carbocycles. The lowest BCUT2D eigenvalue weighted by Crippen LogP contribution is -2.50. The van der Waals surface area contributed by atoms with E-state index in [2.05, 4.69) is 5.32 Å². The number of carbonyl (C=O) groups excluding carboxylic acids is 2. The number of nitrogens with one attached hydrogen (secondary N) is 1. The Hall–Kier alpha value is -2.30. The van der Waals surface area contributed by atoms with Gasteiger partial charge in [-0.25, -0.2) is 0 Å². The van der Waals surface area contributed by atoms with Crippen LogP contribution < -0.4 is 5.32 Å². The molecule has 21 heavy (non-hydrogen) atoms. The molecule has 2 atom stereocenters. The Morgan fingerprint density at radius 2 is 2.19 bits per heavy atom. The van der Waals surface area contributed by atoms with Gasteiger partial charge in [-0.2, -0.15) is 0 Å². The van der Waals surface area contributed by atoms with Crippen LogP contribution in [0.25, 0.3) is 11.0 Å². The molecule has 2 aromatic rings. The number of amides is 2. The van der Waals surface area contributed by atoms with Gasteiger partial charge in [0.05, 0.1) is 0 Å². The number of hydrogen-bond acceptors (Lipinski definition) is 3. The Kier molecular flexibility index (Phi) is 2.43. The summed E-state index contributed by atoms with van der Waals surface area (Å²) in [6, 6.07) is 5.63. The number of aryl methyl sites for hydroxylation is 2. The van der Waals surface area contributed by atoms with Gasteiger partial charge in [0, 0.05) is 23.5 Å². The van der Waals surface area contributed by atoms with E-state index in [0.717, 1.165) is 22.1 Å². The van der Waals surface area contributed by atoms with E-state index in [-0.39, 0.29) is 23.9 Å². The molecule has 0 radical (unpaired) electrons. The number of fused-ring (bicyclic) bond motifs is 3. The quantitative estimate of drug-likeness (QED) is 0.868. The standard InChI is InChI=1S/C16H16N2O3/c1-8-3-4-13-11(5-8)9(2)14(21-13)16(20)18-7-10-6-12(18)15(19)17-10/h3-5,10,12H,6-7H2,1-2H3,(H,17,19)/t10-,12-/m0/s1. The van der Waals surface area contributed by atoms with Crippen LogP contribution in [0.3, 0.4) is 0 Å². The van der Waals surface area contributed by atoms with E-state index in [0.29, 0.717) is 18.7 Å². The second-order valence-electron chi connectivity index (χ2n) is 5.97. The van der Waals surface area contributed by atoms with Crippen molar-refractivity contribution in [1.29, 1.82) is 0 Å². The zero-order valence-corrected chi connectivity index (χ0v) is 12.0. The number of likely N-dealkylation sites (tertiary alicyclic amines) is 1. The lowest BCUT2D eigenvalue weighted by molar-refractivity contribution is -0.124. The lowest BCUT2D eigenvalue weighted by atomic mass is 10.1. The number of benzene rings is 1. The molecule has 1 aromatic carbocycles. The summed E-state index contributed by atoms with van der Waals surface area (Å²) >= 11 is 0. The summed E-state index contributed by atoms with van der Waals surface area (Å²) in [6.45, 7) is 4.48. The predicted molar refractivity (Wildman–Crippen MR) is 77.1 cm³/mol. The number of furan rings is 1. The van der Waals surface area contributed by atoms with Crippen molar-refractivity contribution in [2.24, 2.45) is 0 Å². The minimum atomic E-state index is -0.336. The number of carbonyl (C=O) groups is 2. The molecule has 2 fully saturated rings. The van der Waals surface area contributed by atoms with Crippen LogP contribution in [0.5, 0.6) is 0 Å². The van der Waals surface area contributed by atoms with Crippen molar-refractivity contribution in [2.45, 2.75) is 32.4 Å². The summed E-state index contributed by atoms with van der Waals surface area (Å²) in [7, 11) is 0. The molecule has 0 spiro atoms. The van der Waals surface area contributed by atoms with E-state index in [1.54, 1.807) is 4.90 Å². The molecule has 4 rings (SSSR count). The van der Waals surface area contributed by atoms with E-state index in [9.17, 15) is 9.59 Å². The van der Waals surface area contributed by atoms with E-state index in [4.69, 9.17) is 4.42 Å². The van der Waals surface area contributed by atoms with Crippen LogP contribution in [0.1, 0.15) is 28.1 Å². The lowest BCUT2D eigenvalue weighted by Gasteiger charge is -2.25. The number of hydrogen-bond donors (Lipinski definition) is 1. The first-order valence-corrected chi connectivity index (χ1v) is 7.15. The molecule has 3 heterocycles. The molecular formula is C16H16N2O3. The largest absolute Gasteiger partial charge is 0.451 e. The minimum Gasteiger partial charge on any atom is -0.451 e. The molecule has 2 bridgehead atoms. The fourth-order valence-corrected chi connectivity index (χ4v) is 3.38. The summed E-state index contributed by atoms with van der Waals surface area (Å²) < 4.78 is 5.75. The summed E-state index contributed by atoms with van der Waals surface area (Å²) in [4.78, 5) is 26.1. The zero-order valence-electron chi connectivity index (χ0n) is 12.0. The average molecular weight is 284 g/mol. The van der Waals surface area contributed by atoms with Crippen LogP contribution >= 0.6 is 0 Å². The Bertz CT molecular complexity index is 777. The van der Waals surface area contributed by atoms with E-state index < -0.39 is 0 Å². The van der Waals surface area contributed by atoms with Crippen molar-refractivity contribution in [3.05, 3.63) is 35.1 Å². The van der Waals surface area contributed by atoms with Gasteiger partial charge in [-0.1, -0.05) is 11.6 Å². The Morgan fingerprint density at radius 1 is 1.38 bits per heavy atom. The normalized spacial score (nSPS) is 23.9. The molecule has 0 unspecified atom stereocenters. The van der Waals surface area contributed by atoms with Gasteiger partial charge in [-0.3, -0.25) is 9.59 Å². The highest BCUT2D eigenvalue weighted by atomic mass is 16.3. The molecule has 108 valence electrons. The number of piperazine rings is 1. The molecule has 5 heteroatoms. The van der Waals surface area contributed by atoms with Crippen molar-refractivity contribution in [3.8, 4) is 0 Å². The van der Waals surface area contributed by atoms with Crippen LogP contribution in [0.2, 0.25) is 0 Å². The second kappa shape index (κ2) is 4.10. The number of rotatable bonds is 1. The maximum absolute atomic E-state index is 12.7. The second-order valence-corrected chi connectivity index (χ2v) is 5.97. The fraction of sp³-hybridized carbons (Fsp3) is 0.375. The topological polar surface area (TPSA) is 62.6 Å². The Labute approximate surface area is 121 Å². The summed E-state index contributed by atoms with van der Waals surface area (Å²) in [5.74, 6) is 0.129. The molecule has 2 aliphatic heterocycles. The van der Waals surface area contributed by atoms with Gasteiger partial charge >= 0.3 is 0 Å². The predicted octanol–water partition coefficient (Wildman–Crippen LogP) is 1.76. The highest BCUT2D eigenvalue weighted by molar-refractivity contribution is 6.02. The van der Waals surface area contributed by atoms with Crippen molar-refractivity contribution in [1.82, 2.24) is 10.2 Å². The van der Waals surface area contributed by atoms with Crippen LogP contribution in [0.4, 0.5) is 0 Å². The van der Waals surface area contributed by atoms with Gasteiger partial charge in [0.25, 0.3) is 5.91 Å². The van der Waals surface area contributed by atoms with Crippen molar-refractivity contribution in [2.75, 3.05) is 6.54 Å². The SMILES string of the molecule is Cc1ccc2oc(C(=O)N3C[C@@H]4C[C@H]3C(=O)N4)c(C)c2c1. The molecule has 5 nitrogen and oxygen atoms in total. The van der Waals surface area contributed by atoms with Crippen molar-refractivity contribution >= 4 is 22.8 Å². The van der Waals surface area contributed by atoms with Crippen molar-refractivity contribution < 1.29 is 14.0 Å². The zero-order chi connectivity index (χ0) is 14.7. The van der Waals surface area contributed by atoms with E-state index in [1.807, 2.05) is 32.0 Å². The first-order valence-electron chi connectivity index (χ1n) is 7.15. The highest BCUT2D eigenvalue weighted by Crippen LogP contribution is 2.31. The summed E-state index contributed by atoms with van der Waals surface area (Å²) in [6.07, 6.45) is 0.711. The highest BCUT2D eigenvalue weighted by Gasteiger charge is 2.47. The first kappa shape index (κ1) is 12.4. The van der Waals surface area contributed by atoms with Crippen molar-refractivity contribution in [3.63, 3.8) is 0 Å². The van der Waals surface area contributed by atoms with Crippen LogP contribution in [-0.2, 0) is 4.79 Å². The Morgan fingerprint density at radius 3 is 2.90 bits per heavy atom. The van der Waals surface area contributed by atoms with Gasteiger partial charge in [0.15, 0.2) is 5.76 Å². The third-order valence-electron chi connectivity index (χ3n) is 4.50. The first-order chi connectivity index (χ1) is 10.0. The molecule has 2 amide bonds. The summed E-state index contributed by atoms with van der Waals surface area (Å²) in [5.41, 5.74) is 2.70. The molecule has 1 N–H and O–H groups in total. The van der Waals surface area contributed by atoms with Crippen LogP contribution in [0.15, 0.2) is 22.6 Å². The summed E-state index contributed by atoms with van der Waals surface area (Å²) in [5, 5.41) is 3.84. The monoisotopic (exact) mass is 284 g/mol. The minimum absolute atomic E-state index is 0.0517. The van der Waals surface area contributed by atoms with Crippen LogP contribution in [-0.4, -0.2) is 35.3 Å². The Balaban J connectivity index is 1.75. The molecular weight excluding hydrogens is 268 g/mol. The maximum Gasteiger partial charge on any atom is 0.290 e. The third kappa shape index (κ3) is 1.70. The molecule has 2 aliphatic rings. The van der Waals surface area contributed by atoms with Gasteiger partial charge in [-0.05, 0) is 32.4 Å². The maximum atomic E-state index is 12.7. The van der Waals surface area contributed by atoms with Gasteiger partial charge in [0.2, 0.25) is 5.91 Å². The van der Waals surface area contributed by atoms with Gasteiger partial charge in [-0.15, -0.1) is 0 Å². The van der Waals surface area contributed by atoms with E-state index >= 15 is 0 Å². The van der Waals surface area contributed by atoms with E-state index in [1.165, 1.54) is 0 Å². The fourth-order valence-electron chi connectivity index (χ4n) is 3.38. The molecule has 1 aromatic heterocycles. The third-order valence-corrected chi connectivity index (χ3v) is 4.50. The number of nitrogens with zero attached hydrogens (tertiary/aromatic N) is 1. The van der Waals surface area contributed by atoms with Gasteiger partial charge in [0.1, 0.15) is 11.6 Å². The smallest absolute Gasteiger partial charge is 0.290 e. The van der Waals surface area contributed by atoms with Crippen LogP contribution in [0, 0.1) is 13.8 Å². The molecule has 0 aliphatic carbocycles. The molecule has 2 saturated heterocycles. The van der Waals surface area contributed by atoms with Gasteiger partial charge < -0.3 is 14.6 Å². The average Bonchev–Trinajstić information content (AvgIpc) is 3.11.